The molecule has 5 aromatic carbocycles. The van der Waals surface area contributed by atoms with Crippen LogP contribution in [-0.4, -0.2) is 0 Å². The first-order valence-corrected chi connectivity index (χ1v) is 21.1. The van der Waals surface area contributed by atoms with Crippen molar-refractivity contribution < 1.29 is 4.42 Å². The van der Waals surface area contributed by atoms with Crippen LogP contribution in [0.5, 0.6) is 0 Å². The van der Waals surface area contributed by atoms with Crippen LogP contribution in [0.25, 0.3) is 56.5 Å². The highest BCUT2D eigenvalue weighted by atomic mass is 16.3. The lowest BCUT2D eigenvalue weighted by atomic mass is 9.81. The van der Waals surface area contributed by atoms with Gasteiger partial charge >= 0.3 is 0 Å². The molecule has 0 fully saturated rings. The van der Waals surface area contributed by atoms with Crippen LogP contribution in [0.1, 0.15) is 68.6 Å². The highest BCUT2D eigenvalue weighted by Gasteiger charge is 2.36. The van der Waals surface area contributed by atoms with E-state index in [2.05, 4.69) is 171 Å². The largest absolute Gasteiger partial charge is 0.455 e. The fraction of sp³-hybridized carbons (Fsp3) is 0.119. The second-order valence-corrected chi connectivity index (χ2v) is 15.9. The molecule has 8 rings (SSSR count). The molecule has 0 atom stereocenters. The Balaban J connectivity index is 1.17. The van der Waals surface area contributed by atoms with E-state index in [-0.39, 0.29) is 5.41 Å². The minimum Gasteiger partial charge on any atom is -0.455 e. The third-order valence-electron chi connectivity index (χ3n) is 11.7. The second kappa shape index (κ2) is 17.9. The normalized spacial score (nSPS) is 14.7. The number of benzene rings is 5. The second-order valence-electron chi connectivity index (χ2n) is 15.9. The van der Waals surface area contributed by atoms with E-state index < -0.39 is 0 Å². The number of furan rings is 1. The van der Waals surface area contributed by atoms with E-state index in [1.165, 1.54) is 44.5 Å². The molecule has 6 aromatic rings. The lowest BCUT2D eigenvalue weighted by Gasteiger charge is -2.32. The molecule has 2 nitrogen and oxygen atoms in total. The van der Waals surface area contributed by atoms with Crippen LogP contribution in [0, 0.1) is 12.3 Å². The smallest absolute Gasteiger partial charge is 0.143 e. The van der Waals surface area contributed by atoms with Crippen molar-refractivity contribution in [2.75, 3.05) is 4.90 Å². The SMILES string of the molecule is C#Cc1c(/C=C\C)oc2c(-c3ccc(N(C4=CCCC=C4/C=C\C=C/C=C)c4ccc5c(c4)C(C)(C)c4cc(-c6ccc(/C=C/C=C\C=C/C)cc6)ccc4-5)cc3)cccc12. The van der Waals surface area contributed by atoms with Gasteiger partial charge in [0.25, 0.3) is 0 Å². The molecule has 0 N–H and O–H groups in total. The van der Waals surface area contributed by atoms with Crippen LogP contribution in [0.2, 0.25) is 0 Å². The van der Waals surface area contributed by atoms with Crippen molar-refractivity contribution in [1.82, 2.24) is 0 Å². The van der Waals surface area contributed by atoms with Crippen LogP contribution >= 0.6 is 0 Å². The van der Waals surface area contributed by atoms with Gasteiger partial charge in [0.1, 0.15) is 11.3 Å². The Hall–Kier alpha value is -7.34. The maximum atomic E-state index is 6.39. The standard InChI is InChI=1S/C59H51NO/c1-7-11-13-15-16-22-42-28-30-43(31-29-42)46-34-38-51-52-39-37-48(41-55(52)59(5,6)54(51)40-46)60(56-27-19-18-24-45(56)23-17-14-12-8-2)47-35-32-44(33-36-47)50-25-20-26-53-49(10-4)57(21-9-3)61-58(50)53/h4,7-9,11-17,20-41H,2,18-19H2,1,3,5-6H3/b11-7-,14-12-,15-13-,21-9-,22-16+,23-17-. The van der Waals surface area contributed by atoms with Crippen molar-refractivity contribution in [3.8, 4) is 45.7 Å². The minimum atomic E-state index is -0.214. The van der Waals surface area contributed by atoms with Gasteiger partial charge in [0, 0.05) is 33.4 Å². The summed E-state index contributed by atoms with van der Waals surface area (Å²) in [6.45, 7) is 12.6. The van der Waals surface area contributed by atoms with Crippen molar-refractivity contribution in [2.45, 2.75) is 46.0 Å². The number of rotatable bonds is 12. The number of fused-ring (bicyclic) bond motifs is 4. The maximum Gasteiger partial charge on any atom is 0.143 e. The summed E-state index contributed by atoms with van der Waals surface area (Å²) in [4.78, 5) is 2.42. The zero-order valence-electron chi connectivity index (χ0n) is 35.5. The maximum absolute atomic E-state index is 6.39. The first-order chi connectivity index (χ1) is 29.9. The average molecular weight is 790 g/mol. The van der Waals surface area contributed by atoms with E-state index in [4.69, 9.17) is 10.8 Å². The first kappa shape index (κ1) is 40.4. The van der Waals surface area contributed by atoms with Gasteiger partial charge in [0.2, 0.25) is 0 Å². The Morgan fingerprint density at radius 3 is 2.07 bits per heavy atom. The topological polar surface area (TPSA) is 16.4 Å². The van der Waals surface area contributed by atoms with E-state index in [0.717, 1.165) is 57.6 Å². The van der Waals surface area contributed by atoms with Crippen LogP contribution in [0.4, 0.5) is 11.4 Å². The van der Waals surface area contributed by atoms with Crippen LogP contribution in [0.15, 0.2) is 204 Å². The van der Waals surface area contributed by atoms with Crippen molar-refractivity contribution >= 4 is 34.5 Å². The van der Waals surface area contributed by atoms with Crippen molar-refractivity contribution in [2.24, 2.45) is 0 Å². The molecule has 0 amide bonds. The van der Waals surface area contributed by atoms with Gasteiger partial charge in [0.05, 0.1) is 5.56 Å². The summed E-state index contributed by atoms with van der Waals surface area (Å²) in [5.74, 6) is 3.56. The molecule has 0 bridgehead atoms. The number of nitrogens with zero attached hydrogens (tertiary/aromatic N) is 1. The summed E-state index contributed by atoms with van der Waals surface area (Å²) in [6, 6.07) is 37.9. The van der Waals surface area contributed by atoms with Gasteiger partial charge in [-0.05, 0) is 119 Å². The minimum absolute atomic E-state index is 0.214. The Bertz CT molecular complexity index is 2900. The zero-order valence-corrected chi connectivity index (χ0v) is 35.5. The summed E-state index contributed by atoms with van der Waals surface area (Å²) in [6.07, 6.45) is 39.0. The highest BCUT2D eigenvalue weighted by Crippen LogP contribution is 2.52. The molecular formula is C59H51NO. The van der Waals surface area contributed by atoms with Crippen LogP contribution < -0.4 is 4.90 Å². The van der Waals surface area contributed by atoms with Gasteiger partial charge in [0.15, 0.2) is 0 Å². The number of para-hydroxylation sites is 1. The van der Waals surface area contributed by atoms with E-state index in [1.807, 2.05) is 62.4 Å². The van der Waals surface area contributed by atoms with Gasteiger partial charge in [-0.25, -0.2) is 0 Å². The Kier molecular flexibility index (Phi) is 11.9. The molecule has 0 radical (unpaired) electrons. The van der Waals surface area contributed by atoms with Gasteiger partial charge in [-0.3, -0.25) is 0 Å². The molecule has 2 heteroatoms. The Morgan fingerprint density at radius 1 is 0.639 bits per heavy atom. The summed E-state index contributed by atoms with van der Waals surface area (Å²) in [5.41, 5.74) is 16.8. The zero-order chi connectivity index (χ0) is 42.3. The summed E-state index contributed by atoms with van der Waals surface area (Å²) in [5, 5.41) is 0.946. The van der Waals surface area contributed by atoms with Crippen LogP contribution in [-0.2, 0) is 5.41 Å². The van der Waals surface area contributed by atoms with Gasteiger partial charge in [-0.2, -0.15) is 0 Å². The molecule has 2 aliphatic carbocycles. The lowest BCUT2D eigenvalue weighted by Crippen LogP contribution is -2.20. The lowest BCUT2D eigenvalue weighted by molar-refractivity contribution is 0.604. The first-order valence-electron chi connectivity index (χ1n) is 21.1. The van der Waals surface area contributed by atoms with Crippen molar-refractivity contribution in [3.05, 3.63) is 228 Å². The third-order valence-corrected chi connectivity index (χ3v) is 11.7. The van der Waals surface area contributed by atoms with E-state index in [9.17, 15) is 0 Å². The predicted octanol–water partition coefficient (Wildman–Crippen LogP) is 16.3. The Labute approximate surface area is 362 Å². The van der Waals surface area contributed by atoms with E-state index in [1.54, 1.807) is 6.08 Å². The van der Waals surface area contributed by atoms with Gasteiger partial charge in [-0.15, -0.1) is 6.42 Å². The molecule has 298 valence electrons. The highest BCUT2D eigenvalue weighted by molar-refractivity contribution is 5.98. The van der Waals surface area contributed by atoms with Gasteiger partial charge in [-0.1, -0.05) is 178 Å². The number of hydrogen-bond acceptors (Lipinski definition) is 2. The summed E-state index contributed by atoms with van der Waals surface area (Å²) >= 11 is 0. The predicted molar refractivity (Wildman–Crippen MR) is 263 cm³/mol. The molecule has 61 heavy (non-hydrogen) atoms. The molecule has 0 unspecified atom stereocenters. The quantitative estimate of drug-likeness (QED) is 0.0907. The van der Waals surface area contributed by atoms with E-state index >= 15 is 0 Å². The van der Waals surface area contributed by atoms with Gasteiger partial charge < -0.3 is 9.32 Å². The fourth-order valence-corrected chi connectivity index (χ4v) is 8.59. The average Bonchev–Trinajstić information content (AvgIpc) is 3.76. The number of hydrogen-bond donors (Lipinski definition) is 0. The Morgan fingerprint density at radius 2 is 1.31 bits per heavy atom. The number of allylic oxidation sites excluding steroid dienone is 13. The molecule has 0 spiro atoms. The van der Waals surface area contributed by atoms with E-state index in [0.29, 0.717) is 5.76 Å². The molecule has 0 aliphatic heterocycles. The third kappa shape index (κ3) is 8.04. The molecule has 0 saturated heterocycles. The fourth-order valence-electron chi connectivity index (χ4n) is 8.59. The summed E-state index contributed by atoms with van der Waals surface area (Å²) < 4.78 is 6.39. The molecule has 2 aliphatic rings. The molecular weight excluding hydrogens is 739 g/mol. The monoisotopic (exact) mass is 789 g/mol. The van der Waals surface area contributed by atoms with Crippen molar-refractivity contribution in [1.29, 1.82) is 0 Å². The molecule has 1 heterocycles. The van der Waals surface area contributed by atoms with Crippen LogP contribution in [0.3, 0.4) is 0 Å². The summed E-state index contributed by atoms with van der Waals surface area (Å²) in [7, 11) is 0. The number of terminal acetylenes is 1. The molecule has 1 aromatic heterocycles. The van der Waals surface area contributed by atoms with Crippen molar-refractivity contribution in [3.63, 3.8) is 0 Å². The molecule has 0 saturated carbocycles. The number of anilines is 2.